The van der Waals surface area contributed by atoms with Crippen LogP contribution in [-0.4, -0.2) is 31.9 Å². The quantitative estimate of drug-likeness (QED) is 0.435. The maximum Gasteiger partial charge on any atom is 0.150 e. The van der Waals surface area contributed by atoms with E-state index in [4.69, 9.17) is 0 Å². The number of benzene rings is 1. The Morgan fingerprint density at radius 1 is 1.14 bits per heavy atom. The highest BCUT2D eigenvalue weighted by Gasteiger charge is 2.07. The molecule has 14 heavy (non-hydrogen) atoms. The molecule has 2 nitrogen and oxygen atoms in total. The SMILES string of the molecule is C[N+](C)(C)Cc1ccc(C=O)cc1.[F-]. The van der Waals surface area contributed by atoms with Crippen LogP contribution in [-0.2, 0) is 6.54 Å². The summed E-state index contributed by atoms with van der Waals surface area (Å²) >= 11 is 0. The highest BCUT2D eigenvalue weighted by atomic mass is 19.0. The van der Waals surface area contributed by atoms with Gasteiger partial charge in [0.15, 0.2) is 0 Å². The van der Waals surface area contributed by atoms with Crippen molar-refractivity contribution in [1.82, 2.24) is 0 Å². The van der Waals surface area contributed by atoms with E-state index in [1.807, 2.05) is 24.3 Å². The number of nitrogens with zero attached hydrogens (tertiary/aromatic N) is 1. The lowest BCUT2D eigenvalue weighted by Crippen LogP contribution is -3.00. The molecule has 0 aliphatic heterocycles. The average Bonchev–Trinajstić information content (AvgIpc) is 2.03. The largest absolute Gasteiger partial charge is 1.00 e. The van der Waals surface area contributed by atoms with Crippen molar-refractivity contribution in [2.75, 3.05) is 21.1 Å². The lowest BCUT2D eigenvalue weighted by Gasteiger charge is -2.23. The van der Waals surface area contributed by atoms with E-state index in [2.05, 4.69) is 21.1 Å². The monoisotopic (exact) mass is 197 g/mol. The molecule has 1 rings (SSSR count). The van der Waals surface area contributed by atoms with Gasteiger partial charge in [-0.3, -0.25) is 4.79 Å². The average molecular weight is 197 g/mol. The number of rotatable bonds is 3. The maximum atomic E-state index is 10.4. The summed E-state index contributed by atoms with van der Waals surface area (Å²) < 4.78 is 0.903. The third-order valence-corrected chi connectivity index (χ3v) is 1.77. The molecule has 0 bridgehead atoms. The van der Waals surface area contributed by atoms with E-state index >= 15 is 0 Å². The molecule has 1 aromatic carbocycles. The zero-order valence-corrected chi connectivity index (χ0v) is 8.83. The molecule has 0 unspecified atom stereocenters. The van der Waals surface area contributed by atoms with Crippen LogP contribution >= 0.6 is 0 Å². The number of quaternary nitrogens is 1. The van der Waals surface area contributed by atoms with Crippen LogP contribution < -0.4 is 4.70 Å². The fraction of sp³-hybridized carbons (Fsp3) is 0.364. The summed E-state index contributed by atoms with van der Waals surface area (Å²) in [4.78, 5) is 10.4. The second-order valence-corrected chi connectivity index (χ2v) is 4.31. The number of halogens is 1. The second-order valence-electron chi connectivity index (χ2n) is 4.31. The zero-order chi connectivity index (χ0) is 9.90. The highest BCUT2D eigenvalue weighted by Crippen LogP contribution is 2.07. The minimum atomic E-state index is 0. The summed E-state index contributed by atoms with van der Waals surface area (Å²) in [6, 6.07) is 7.73. The summed E-state index contributed by atoms with van der Waals surface area (Å²) in [5.74, 6) is 0. The van der Waals surface area contributed by atoms with E-state index in [0.29, 0.717) is 0 Å². The van der Waals surface area contributed by atoms with Crippen molar-refractivity contribution in [2.45, 2.75) is 6.54 Å². The van der Waals surface area contributed by atoms with Crippen molar-refractivity contribution >= 4 is 6.29 Å². The number of carbonyl (C=O) groups excluding carboxylic acids is 1. The molecule has 0 amide bonds. The minimum Gasteiger partial charge on any atom is -1.00 e. The van der Waals surface area contributed by atoms with Crippen molar-refractivity contribution in [3.63, 3.8) is 0 Å². The molecule has 0 aromatic heterocycles. The van der Waals surface area contributed by atoms with E-state index in [1.54, 1.807) is 0 Å². The standard InChI is InChI=1S/C11H16NO.FH/c1-12(2,3)8-10-4-6-11(9-13)7-5-10;/h4-7,9H,8H2,1-3H3;1H/q+1;/p-1. The Morgan fingerprint density at radius 3 is 2.00 bits per heavy atom. The number of carbonyl (C=O) groups is 1. The highest BCUT2D eigenvalue weighted by molar-refractivity contribution is 5.74. The van der Waals surface area contributed by atoms with Crippen molar-refractivity contribution in [3.05, 3.63) is 35.4 Å². The van der Waals surface area contributed by atoms with Gasteiger partial charge in [-0.2, -0.15) is 0 Å². The molecule has 1 aromatic rings. The van der Waals surface area contributed by atoms with Crippen molar-refractivity contribution < 1.29 is 14.0 Å². The van der Waals surface area contributed by atoms with Crippen molar-refractivity contribution in [3.8, 4) is 0 Å². The van der Waals surface area contributed by atoms with Gasteiger partial charge in [-0.15, -0.1) is 0 Å². The Kier molecular flexibility index (Phi) is 4.44. The molecule has 0 saturated heterocycles. The predicted molar refractivity (Wildman–Crippen MR) is 53.6 cm³/mol. The van der Waals surface area contributed by atoms with Crippen LogP contribution in [0.5, 0.6) is 0 Å². The molecule has 0 aliphatic carbocycles. The molecular weight excluding hydrogens is 181 g/mol. The number of aldehydes is 1. The smallest absolute Gasteiger partial charge is 0.150 e. The molecule has 3 heteroatoms. The maximum absolute atomic E-state index is 10.4. The predicted octanol–water partition coefficient (Wildman–Crippen LogP) is -1.29. The van der Waals surface area contributed by atoms with Crippen molar-refractivity contribution in [2.24, 2.45) is 0 Å². The molecule has 0 radical (unpaired) electrons. The molecule has 0 spiro atoms. The minimum absolute atomic E-state index is 0. The van der Waals surface area contributed by atoms with E-state index in [1.165, 1.54) is 5.56 Å². The topological polar surface area (TPSA) is 17.1 Å². The van der Waals surface area contributed by atoms with Gasteiger partial charge >= 0.3 is 0 Å². The first-order chi connectivity index (χ1) is 6.01. The molecule has 78 valence electrons. The summed E-state index contributed by atoms with van der Waals surface area (Å²) in [5.41, 5.74) is 2.00. The molecule has 0 saturated carbocycles. The molecule has 0 atom stereocenters. The molecule has 0 fully saturated rings. The Hall–Kier alpha value is -1.22. The first-order valence-electron chi connectivity index (χ1n) is 4.36. The molecule has 0 N–H and O–H groups in total. The van der Waals surface area contributed by atoms with Gasteiger partial charge in [0, 0.05) is 11.1 Å². The molecular formula is C11H16FNO. The summed E-state index contributed by atoms with van der Waals surface area (Å²) in [7, 11) is 6.44. The lowest BCUT2D eigenvalue weighted by molar-refractivity contribution is -0.884. The Bertz CT molecular complexity index is 287. The fourth-order valence-corrected chi connectivity index (χ4v) is 1.25. The zero-order valence-electron chi connectivity index (χ0n) is 8.83. The van der Waals surface area contributed by atoms with Crippen LogP contribution in [0.15, 0.2) is 24.3 Å². The first kappa shape index (κ1) is 12.8. The van der Waals surface area contributed by atoms with E-state index in [9.17, 15) is 4.79 Å². The van der Waals surface area contributed by atoms with E-state index in [0.717, 1.165) is 22.9 Å². The van der Waals surface area contributed by atoms with Gasteiger partial charge in [0.2, 0.25) is 0 Å². The van der Waals surface area contributed by atoms with Gasteiger partial charge in [0.1, 0.15) is 12.8 Å². The van der Waals surface area contributed by atoms with Gasteiger partial charge in [0.05, 0.1) is 21.1 Å². The van der Waals surface area contributed by atoms with Gasteiger partial charge < -0.3 is 9.19 Å². The van der Waals surface area contributed by atoms with Gasteiger partial charge in [-0.1, -0.05) is 24.3 Å². The third-order valence-electron chi connectivity index (χ3n) is 1.77. The summed E-state index contributed by atoms with van der Waals surface area (Å²) in [6.07, 6.45) is 0.871. The van der Waals surface area contributed by atoms with Crippen LogP contribution in [0.2, 0.25) is 0 Å². The van der Waals surface area contributed by atoms with Gasteiger partial charge in [0.25, 0.3) is 0 Å². The second kappa shape index (κ2) is 4.86. The van der Waals surface area contributed by atoms with Gasteiger partial charge in [-0.05, 0) is 0 Å². The Balaban J connectivity index is 0.00000169. The summed E-state index contributed by atoms with van der Waals surface area (Å²) in [5, 5.41) is 0. The van der Waals surface area contributed by atoms with Crippen molar-refractivity contribution in [1.29, 1.82) is 0 Å². The van der Waals surface area contributed by atoms with E-state index in [-0.39, 0.29) is 4.70 Å². The molecule has 0 aliphatic rings. The van der Waals surface area contributed by atoms with Crippen LogP contribution in [0.1, 0.15) is 15.9 Å². The van der Waals surface area contributed by atoms with Crippen LogP contribution in [0.4, 0.5) is 0 Å². The first-order valence-corrected chi connectivity index (χ1v) is 4.36. The Morgan fingerprint density at radius 2 is 1.64 bits per heavy atom. The normalized spacial score (nSPS) is 10.5. The molecule has 0 heterocycles. The fourth-order valence-electron chi connectivity index (χ4n) is 1.25. The van der Waals surface area contributed by atoms with Crippen LogP contribution in [0.25, 0.3) is 0 Å². The third kappa shape index (κ3) is 4.14. The number of hydrogen-bond acceptors (Lipinski definition) is 1. The summed E-state index contributed by atoms with van der Waals surface area (Å²) in [6.45, 7) is 0.985. The van der Waals surface area contributed by atoms with Gasteiger partial charge in [-0.25, -0.2) is 0 Å². The lowest BCUT2D eigenvalue weighted by atomic mass is 10.1. The number of hydrogen-bond donors (Lipinski definition) is 0. The van der Waals surface area contributed by atoms with Crippen LogP contribution in [0, 0.1) is 0 Å². The van der Waals surface area contributed by atoms with Crippen LogP contribution in [0.3, 0.4) is 0 Å². The van der Waals surface area contributed by atoms with E-state index < -0.39 is 0 Å². The Labute approximate surface area is 84.1 Å².